The van der Waals surface area contributed by atoms with Gasteiger partial charge in [-0.05, 0) is 0 Å². The van der Waals surface area contributed by atoms with E-state index >= 15 is 0 Å². The van der Waals surface area contributed by atoms with Crippen molar-refractivity contribution in [1.82, 2.24) is 0 Å². The van der Waals surface area contributed by atoms with Crippen molar-refractivity contribution < 1.29 is 35.6 Å². The quantitative estimate of drug-likeness (QED) is 0.273. The van der Waals surface area contributed by atoms with Gasteiger partial charge >= 0.3 is 35.6 Å². The molecule has 8 heteroatoms. The molecule has 0 aromatic rings. The molecule has 0 aromatic heterocycles. The molecule has 3 nitrogen and oxygen atoms in total. The van der Waals surface area contributed by atoms with Crippen LogP contribution in [-0.2, 0) is 0 Å². The first-order valence-electron chi connectivity index (χ1n) is 10.2. The minimum atomic E-state index is -1.11. The third kappa shape index (κ3) is 42.9. The minimum Gasteiger partial charge on any atom is -0.677 e. The largest absolute Gasteiger partial charge is 3.00 e. The predicted molar refractivity (Wildman–Crippen MR) is 138 cm³/mol. The Labute approximate surface area is 206 Å². The van der Waals surface area contributed by atoms with Gasteiger partial charge in [0.1, 0.15) is 0 Å². The Morgan fingerprint density at radius 3 is 0.889 bits per heavy atom. The maximum Gasteiger partial charge on any atom is 3.00 e. The Morgan fingerprint density at radius 2 is 0.852 bits per heavy atom. The zero-order valence-corrected chi connectivity index (χ0v) is 29.2. The predicted octanol–water partition coefficient (Wildman–Crippen LogP) is 8.92. The van der Waals surface area contributed by atoms with Gasteiger partial charge in [0, 0.05) is 0 Å². The summed E-state index contributed by atoms with van der Waals surface area (Å²) in [6, 6.07) is 0. The van der Waals surface area contributed by atoms with E-state index in [0.29, 0.717) is 6.54 Å². The summed E-state index contributed by atoms with van der Waals surface area (Å²) in [6.07, 6.45) is 2.38. The maximum absolute atomic E-state index is 7.11. The molecule has 162 valence electrons. The summed E-state index contributed by atoms with van der Waals surface area (Å²) in [5.41, 5.74) is 7.37. The molecule has 0 atom stereocenters. The Bertz CT molecular complexity index is 302. The monoisotopic (exact) mass is 573 g/mol. The molecule has 0 saturated carbocycles. The van der Waals surface area contributed by atoms with Gasteiger partial charge in [0.05, 0.1) is 0 Å². The van der Waals surface area contributed by atoms with Crippen molar-refractivity contribution in [3.8, 4) is 0 Å². The van der Waals surface area contributed by atoms with Crippen LogP contribution in [0.5, 0.6) is 0 Å². The zero-order chi connectivity index (χ0) is 22.0. The second kappa shape index (κ2) is 14.9. The Kier molecular flexibility index (Phi) is 20.0. The van der Waals surface area contributed by atoms with E-state index in [1.165, 1.54) is 12.8 Å². The van der Waals surface area contributed by atoms with Crippen molar-refractivity contribution in [3.63, 3.8) is 0 Å². The number of nitrogens with one attached hydrogen (secondary N) is 1. The van der Waals surface area contributed by atoms with Gasteiger partial charge in [-0.3, -0.25) is 0 Å². The summed E-state index contributed by atoms with van der Waals surface area (Å²) in [5.74, 6) is 0. The molecule has 0 bridgehead atoms. The number of rotatable bonds is 7. The van der Waals surface area contributed by atoms with E-state index in [0.717, 1.165) is 0 Å². The van der Waals surface area contributed by atoms with Crippen LogP contribution in [0.3, 0.4) is 0 Å². The molecule has 0 rings (SSSR count). The third-order valence-electron chi connectivity index (χ3n) is 2.75. The Morgan fingerprint density at radius 1 is 0.630 bits per heavy atom. The van der Waals surface area contributed by atoms with Gasteiger partial charge in [0.15, 0.2) is 0 Å². The van der Waals surface area contributed by atoms with Crippen molar-refractivity contribution >= 4 is 32.9 Å². The molecule has 1 N–H and O–H groups in total. The summed E-state index contributed by atoms with van der Waals surface area (Å²) in [5, 5.41) is 0. The molecule has 0 aliphatic carbocycles. The molecule has 0 aliphatic rings. The van der Waals surface area contributed by atoms with Crippen molar-refractivity contribution in [2.45, 2.75) is 112 Å². The van der Waals surface area contributed by atoms with Gasteiger partial charge in [0.25, 0.3) is 0 Å². The molecule has 0 aromatic carbocycles. The fourth-order valence-corrected chi connectivity index (χ4v) is 18.9. The van der Waals surface area contributed by atoms with Crippen molar-refractivity contribution in [1.29, 1.82) is 0 Å². The second-order valence-corrected chi connectivity index (χ2v) is 31.2. The standard InChI is InChI=1S/C7H16N.2C6H18NSi2.La/c1-4-5-7(2,3)6-8;2*1-8(2,3)7-9(4,5)6;/h8H,4-6H2,1-3H3;2*1-6H3;/q3*-1;+3. The Balaban J connectivity index is -0.000000145. The SMILES string of the molecule is CCCC(C)(C)C[NH-].C[Si](C)(C)[N-][Si](C)(C)C.C[Si](C)(C)[N-][Si](C)(C)C.[La+3]. The first-order valence-corrected chi connectivity index (χ1v) is 24.0. The van der Waals surface area contributed by atoms with Crippen LogP contribution in [0.1, 0.15) is 33.6 Å². The van der Waals surface area contributed by atoms with E-state index < -0.39 is 32.9 Å². The summed E-state index contributed by atoms with van der Waals surface area (Å²) < 4.78 is 9.64. The molecule has 27 heavy (non-hydrogen) atoms. The van der Waals surface area contributed by atoms with Gasteiger partial charge in [0.2, 0.25) is 0 Å². The van der Waals surface area contributed by atoms with Gasteiger partial charge in [-0.15, -0.1) is 6.54 Å². The third-order valence-corrected chi connectivity index (χ3v) is 13.5. The average Bonchev–Trinajstić information content (AvgIpc) is 2.19. The van der Waals surface area contributed by atoms with Crippen LogP contribution in [0.15, 0.2) is 0 Å². The van der Waals surface area contributed by atoms with Crippen LogP contribution in [0.25, 0.3) is 15.0 Å². The molecular weight excluding hydrogens is 521 g/mol. The fraction of sp³-hybridized carbons (Fsp3) is 1.00. The Hall–Kier alpha value is 1.94. The molecule has 0 heterocycles. The summed E-state index contributed by atoms with van der Waals surface area (Å²) >= 11 is 0. The van der Waals surface area contributed by atoms with E-state index in [-0.39, 0.29) is 41.0 Å². The van der Waals surface area contributed by atoms with E-state index in [9.17, 15) is 0 Å². The van der Waals surface area contributed by atoms with Gasteiger partial charge in [-0.1, -0.05) is 151 Å². The maximum atomic E-state index is 7.11. The van der Waals surface area contributed by atoms with Gasteiger partial charge in [-0.25, -0.2) is 0 Å². The fourth-order valence-electron chi connectivity index (χ4n) is 2.78. The molecular formula is C19H52LaN3Si4. The summed E-state index contributed by atoms with van der Waals surface area (Å²) in [6.45, 7) is 34.6. The molecule has 0 saturated heterocycles. The summed E-state index contributed by atoms with van der Waals surface area (Å²) in [7, 11) is -4.42. The first kappa shape index (κ1) is 36.3. The summed E-state index contributed by atoms with van der Waals surface area (Å²) in [4.78, 5) is 0. The molecule has 0 aliphatic heterocycles. The van der Waals surface area contributed by atoms with Crippen LogP contribution >= 0.6 is 0 Å². The first-order chi connectivity index (χ1) is 11.0. The molecule has 0 fully saturated rings. The van der Waals surface area contributed by atoms with Gasteiger partial charge < -0.3 is 15.0 Å². The number of nitrogens with zero attached hydrogens (tertiary/aromatic N) is 2. The minimum absolute atomic E-state index is 0. The zero-order valence-electron chi connectivity index (χ0n) is 21.6. The molecule has 0 spiro atoms. The number of hydrogen-bond acceptors (Lipinski definition) is 0. The molecule has 0 amide bonds. The van der Waals surface area contributed by atoms with Crippen LogP contribution in [0.2, 0.25) is 78.6 Å². The van der Waals surface area contributed by atoms with Crippen LogP contribution in [-0.4, -0.2) is 39.5 Å². The van der Waals surface area contributed by atoms with Crippen LogP contribution in [0, 0.1) is 41.0 Å². The topological polar surface area (TPSA) is 52.0 Å². The van der Waals surface area contributed by atoms with E-state index in [4.69, 9.17) is 15.0 Å². The number of hydrogen-bond donors (Lipinski definition) is 0. The molecule has 0 unspecified atom stereocenters. The van der Waals surface area contributed by atoms with Crippen molar-refractivity contribution in [2.75, 3.05) is 6.54 Å². The van der Waals surface area contributed by atoms with Crippen LogP contribution in [0.4, 0.5) is 0 Å². The van der Waals surface area contributed by atoms with Gasteiger partial charge in [-0.2, -0.15) is 0 Å². The van der Waals surface area contributed by atoms with E-state index in [1.807, 2.05) is 0 Å². The second-order valence-electron chi connectivity index (χ2n) is 12.0. The van der Waals surface area contributed by atoms with Crippen molar-refractivity contribution in [3.05, 3.63) is 15.0 Å². The smallest absolute Gasteiger partial charge is 0.677 e. The van der Waals surface area contributed by atoms with Crippen LogP contribution < -0.4 is 0 Å². The van der Waals surface area contributed by atoms with E-state index in [2.05, 4.69) is 99.3 Å². The van der Waals surface area contributed by atoms with Crippen molar-refractivity contribution in [2.24, 2.45) is 5.41 Å². The normalized spacial score (nSPS) is 12.9. The molecule has 0 radical (unpaired) electrons. The average molecular weight is 574 g/mol. The van der Waals surface area contributed by atoms with E-state index in [1.54, 1.807) is 0 Å².